The third-order valence-corrected chi connectivity index (χ3v) is 3.24. The second-order valence-corrected chi connectivity index (χ2v) is 4.75. The van der Waals surface area contributed by atoms with Crippen molar-refractivity contribution in [3.8, 4) is 5.75 Å². The van der Waals surface area contributed by atoms with E-state index in [-0.39, 0.29) is 5.78 Å². The Morgan fingerprint density at radius 1 is 1.50 bits per heavy atom. The molecule has 1 fully saturated rings. The summed E-state index contributed by atoms with van der Waals surface area (Å²) < 4.78 is 5.69. The number of ether oxygens (including phenoxy) is 1. The number of carbonyl (C=O) groups is 1. The Morgan fingerprint density at radius 2 is 2.28 bits per heavy atom. The normalized spacial score (nSPS) is 20.0. The maximum atomic E-state index is 11.4. The van der Waals surface area contributed by atoms with Crippen LogP contribution >= 0.6 is 0 Å². The van der Waals surface area contributed by atoms with Gasteiger partial charge in [0.15, 0.2) is 5.78 Å². The summed E-state index contributed by atoms with van der Waals surface area (Å²) in [6.45, 7) is 5.00. The van der Waals surface area contributed by atoms with Gasteiger partial charge in [-0.3, -0.25) is 9.69 Å². The Labute approximate surface area is 108 Å². The molecular weight excluding hydrogens is 228 g/mol. The number of para-hydroxylation sites is 1. The molecule has 1 atom stereocenters. The summed E-state index contributed by atoms with van der Waals surface area (Å²) in [4.78, 5) is 13.7. The zero-order valence-electron chi connectivity index (χ0n) is 10.8. The predicted octanol–water partition coefficient (Wildman–Crippen LogP) is 1.30. The minimum atomic E-state index is 0.0359. The van der Waals surface area contributed by atoms with Gasteiger partial charge in [0, 0.05) is 19.1 Å². The first-order chi connectivity index (χ1) is 8.66. The van der Waals surface area contributed by atoms with Crippen LogP contribution in [0.5, 0.6) is 5.75 Å². The van der Waals surface area contributed by atoms with E-state index in [0.717, 1.165) is 26.1 Å². The summed E-state index contributed by atoms with van der Waals surface area (Å²) in [7, 11) is 0. The van der Waals surface area contributed by atoms with E-state index in [1.165, 1.54) is 0 Å². The molecular formula is C14H20N2O2. The summed E-state index contributed by atoms with van der Waals surface area (Å²) >= 11 is 0. The van der Waals surface area contributed by atoms with Crippen LogP contribution in [0.3, 0.4) is 0 Å². The SMILES string of the molecule is CC(=O)c1ccccc1OCCN1CC[C@@H](N)C1. The van der Waals surface area contributed by atoms with Gasteiger partial charge in [-0.25, -0.2) is 0 Å². The van der Waals surface area contributed by atoms with Crippen LogP contribution < -0.4 is 10.5 Å². The first-order valence-corrected chi connectivity index (χ1v) is 6.37. The molecule has 2 rings (SSSR count). The van der Waals surface area contributed by atoms with E-state index in [1.54, 1.807) is 13.0 Å². The average molecular weight is 248 g/mol. The van der Waals surface area contributed by atoms with Crippen molar-refractivity contribution in [2.45, 2.75) is 19.4 Å². The van der Waals surface area contributed by atoms with Crippen molar-refractivity contribution < 1.29 is 9.53 Å². The molecule has 1 saturated heterocycles. The number of nitrogens with two attached hydrogens (primary N) is 1. The topological polar surface area (TPSA) is 55.6 Å². The maximum absolute atomic E-state index is 11.4. The molecule has 0 bridgehead atoms. The molecule has 1 heterocycles. The number of benzene rings is 1. The van der Waals surface area contributed by atoms with Gasteiger partial charge in [0.2, 0.25) is 0 Å². The Kier molecular flexibility index (Phi) is 4.33. The second-order valence-electron chi connectivity index (χ2n) is 4.75. The molecule has 2 N–H and O–H groups in total. The minimum absolute atomic E-state index is 0.0359. The van der Waals surface area contributed by atoms with Gasteiger partial charge in [-0.05, 0) is 32.0 Å². The zero-order chi connectivity index (χ0) is 13.0. The highest BCUT2D eigenvalue weighted by atomic mass is 16.5. The molecule has 0 radical (unpaired) electrons. The van der Waals surface area contributed by atoms with Crippen molar-refractivity contribution in [2.24, 2.45) is 5.73 Å². The molecule has 0 unspecified atom stereocenters. The van der Waals surface area contributed by atoms with Gasteiger partial charge < -0.3 is 10.5 Å². The van der Waals surface area contributed by atoms with E-state index < -0.39 is 0 Å². The highest BCUT2D eigenvalue weighted by molar-refractivity contribution is 5.96. The Hall–Kier alpha value is -1.39. The first-order valence-electron chi connectivity index (χ1n) is 6.37. The third kappa shape index (κ3) is 3.31. The van der Waals surface area contributed by atoms with Crippen LogP contribution in [0.15, 0.2) is 24.3 Å². The molecule has 0 aliphatic carbocycles. The summed E-state index contributed by atoms with van der Waals surface area (Å²) in [5.74, 6) is 0.710. The van der Waals surface area contributed by atoms with Gasteiger partial charge in [-0.2, -0.15) is 0 Å². The standard InChI is InChI=1S/C14H20N2O2/c1-11(17)13-4-2-3-5-14(13)18-9-8-16-7-6-12(15)10-16/h2-5,12H,6-10,15H2,1H3/t12-/m1/s1. The molecule has 1 aliphatic heterocycles. The molecule has 0 saturated carbocycles. The number of nitrogens with zero attached hydrogens (tertiary/aromatic N) is 1. The van der Waals surface area contributed by atoms with Gasteiger partial charge in [-0.1, -0.05) is 12.1 Å². The Bertz CT molecular complexity index is 420. The van der Waals surface area contributed by atoms with Crippen molar-refractivity contribution in [3.05, 3.63) is 29.8 Å². The van der Waals surface area contributed by atoms with E-state index in [4.69, 9.17) is 10.5 Å². The lowest BCUT2D eigenvalue weighted by atomic mass is 10.1. The van der Waals surface area contributed by atoms with Crippen molar-refractivity contribution >= 4 is 5.78 Å². The molecule has 0 spiro atoms. The number of ketones is 1. The fourth-order valence-electron chi connectivity index (χ4n) is 2.23. The number of hydrogen-bond acceptors (Lipinski definition) is 4. The summed E-state index contributed by atoms with van der Waals surface area (Å²) in [5, 5.41) is 0. The molecule has 98 valence electrons. The zero-order valence-corrected chi connectivity index (χ0v) is 10.8. The highest BCUT2D eigenvalue weighted by Crippen LogP contribution is 2.18. The van der Waals surface area contributed by atoms with Gasteiger partial charge >= 0.3 is 0 Å². The van der Waals surface area contributed by atoms with Crippen molar-refractivity contribution in [2.75, 3.05) is 26.2 Å². The molecule has 0 aromatic heterocycles. The monoisotopic (exact) mass is 248 g/mol. The van der Waals surface area contributed by atoms with E-state index in [9.17, 15) is 4.79 Å². The molecule has 1 aliphatic rings. The Morgan fingerprint density at radius 3 is 2.94 bits per heavy atom. The average Bonchev–Trinajstić information content (AvgIpc) is 2.75. The minimum Gasteiger partial charge on any atom is -0.491 e. The van der Waals surface area contributed by atoms with Crippen LogP contribution in [0.1, 0.15) is 23.7 Å². The summed E-state index contributed by atoms with van der Waals surface area (Å²) in [6, 6.07) is 7.67. The van der Waals surface area contributed by atoms with Crippen molar-refractivity contribution in [3.63, 3.8) is 0 Å². The van der Waals surface area contributed by atoms with E-state index in [2.05, 4.69) is 4.90 Å². The van der Waals surface area contributed by atoms with Crippen LogP contribution in [-0.2, 0) is 0 Å². The third-order valence-electron chi connectivity index (χ3n) is 3.24. The second kappa shape index (κ2) is 5.98. The number of likely N-dealkylation sites (tertiary alicyclic amines) is 1. The Balaban J connectivity index is 1.85. The quantitative estimate of drug-likeness (QED) is 0.798. The lowest BCUT2D eigenvalue weighted by Crippen LogP contribution is -2.29. The highest BCUT2D eigenvalue weighted by Gasteiger charge is 2.18. The van der Waals surface area contributed by atoms with Crippen LogP contribution in [0, 0.1) is 0 Å². The number of Topliss-reactive ketones (excluding diaryl/α,β-unsaturated/α-hetero) is 1. The fourth-order valence-corrected chi connectivity index (χ4v) is 2.23. The van der Waals surface area contributed by atoms with Crippen molar-refractivity contribution in [1.82, 2.24) is 4.90 Å². The largest absolute Gasteiger partial charge is 0.491 e. The lowest BCUT2D eigenvalue weighted by molar-refractivity contribution is 0.101. The molecule has 4 heteroatoms. The molecule has 1 aromatic rings. The van der Waals surface area contributed by atoms with Crippen LogP contribution in [0.25, 0.3) is 0 Å². The molecule has 4 nitrogen and oxygen atoms in total. The fraction of sp³-hybridized carbons (Fsp3) is 0.500. The molecule has 0 amide bonds. The van der Waals surface area contributed by atoms with E-state index in [1.807, 2.05) is 18.2 Å². The lowest BCUT2D eigenvalue weighted by Gasteiger charge is -2.16. The van der Waals surface area contributed by atoms with E-state index >= 15 is 0 Å². The summed E-state index contributed by atoms with van der Waals surface area (Å²) in [6.07, 6.45) is 1.06. The number of carbonyl (C=O) groups excluding carboxylic acids is 1. The van der Waals surface area contributed by atoms with Crippen LogP contribution in [0.4, 0.5) is 0 Å². The number of rotatable bonds is 5. The van der Waals surface area contributed by atoms with E-state index in [0.29, 0.717) is 24.0 Å². The van der Waals surface area contributed by atoms with Gasteiger partial charge in [-0.15, -0.1) is 0 Å². The molecule has 18 heavy (non-hydrogen) atoms. The van der Waals surface area contributed by atoms with Crippen molar-refractivity contribution in [1.29, 1.82) is 0 Å². The van der Waals surface area contributed by atoms with Gasteiger partial charge in [0.25, 0.3) is 0 Å². The predicted molar refractivity (Wildman–Crippen MR) is 71.0 cm³/mol. The number of hydrogen-bond donors (Lipinski definition) is 1. The maximum Gasteiger partial charge on any atom is 0.163 e. The van der Waals surface area contributed by atoms with Crippen LogP contribution in [-0.4, -0.2) is 43.0 Å². The summed E-state index contributed by atoms with van der Waals surface area (Å²) in [5.41, 5.74) is 6.49. The smallest absolute Gasteiger partial charge is 0.163 e. The molecule has 1 aromatic carbocycles. The first kappa shape index (κ1) is 13.1. The van der Waals surface area contributed by atoms with Gasteiger partial charge in [0.1, 0.15) is 12.4 Å². The van der Waals surface area contributed by atoms with Crippen LogP contribution in [0.2, 0.25) is 0 Å². The van der Waals surface area contributed by atoms with Gasteiger partial charge in [0.05, 0.1) is 5.56 Å².